The number of carboxylic acids is 1. The molecule has 160 valence electrons. The highest BCUT2D eigenvalue weighted by Gasteiger charge is 2.44. The van der Waals surface area contributed by atoms with Gasteiger partial charge in [0.05, 0.1) is 5.39 Å². The number of thiophene rings is 1. The molecular formula is C19H24ClF2N3O3S. The standard InChI is InChI=1S/C19H23F2N3O3S.ClH/c1-22-11-3-5-12(6-4-11)27-16-15-14-10(8-19(20,21)18(25)26)2-7-13(14)28-17(15)24-9-23-16;/h9-12,22H,2-8H2,1H3,(H,25,26);1H/t10-,11?,12?;/m1./s1. The van der Waals surface area contributed by atoms with Gasteiger partial charge in [-0.2, -0.15) is 8.78 Å². The smallest absolute Gasteiger partial charge is 0.374 e. The van der Waals surface area contributed by atoms with Gasteiger partial charge in [0, 0.05) is 17.3 Å². The molecule has 2 N–H and O–H groups in total. The van der Waals surface area contributed by atoms with Crippen LogP contribution >= 0.6 is 23.7 Å². The van der Waals surface area contributed by atoms with Gasteiger partial charge in [-0.05, 0) is 57.1 Å². The summed E-state index contributed by atoms with van der Waals surface area (Å²) in [5, 5.41) is 12.8. The number of aliphatic carboxylic acids is 1. The van der Waals surface area contributed by atoms with Crippen molar-refractivity contribution in [1.82, 2.24) is 15.3 Å². The third-order valence-corrected chi connectivity index (χ3v) is 7.05. The Balaban J connectivity index is 0.00000240. The molecule has 0 spiro atoms. The van der Waals surface area contributed by atoms with Crippen LogP contribution in [0.15, 0.2) is 6.33 Å². The highest BCUT2D eigenvalue weighted by Crippen LogP contribution is 2.49. The number of halogens is 3. The number of aryl methyl sites for hydroxylation is 1. The third-order valence-electron chi connectivity index (χ3n) is 5.87. The molecule has 6 nitrogen and oxygen atoms in total. The van der Waals surface area contributed by atoms with Gasteiger partial charge in [-0.25, -0.2) is 14.8 Å². The molecule has 0 amide bonds. The molecule has 4 rings (SSSR count). The lowest BCUT2D eigenvalue weighted by Gasteiger charge is -2.28. The zero-order valence-electron chi connectivity index (χ0n) is 16.0. The van der Waals surface area contributed by atoms with Crippen LogP contribution in [0.2, 0.25) is 0 Å². The molecule has 10 heteroatoms. The van der Waals surface area contributed by atoms with E-state index in [0.717, 1.165) is 41.0 Å². The maximum absolute atomic E-state index is 13.9. The van der Waals surface area contributed by atoms with Crippen LogP contribution in [0.25, 0.3) is 10.2 Å². The quantitative estimate of drug-likeness (QED) is 0.691. The van der Waals surface area contributed by atoms with E-state index in [9.17, 15) is 13.6 Å². The first-order valence-corrected chi connectivity index (χ1v) is 10.4. The first-order chi connectivity index (χ1) is 13.4. The Hall–Kier alpha value is -1.58. The SMILES string of the molecule is CNC1CCC(Oc2ncnc3sc4c(c23)[C@@H](CC(F)(F)C(=O)O)CC4)CC1.Cl. The molecule has 2 aliphatic rings. The summed E-state index contributed by atoms with van der Waals surface area (Å²) < 4.78 is 33.9. The summed E-state index contributed by atoms with van der Waals surface area (Å²) in [6.45, 7) is 0. The number of carboxylic acid groups (broad SMARTS) is 1. The van der Waals surface area contributed by atoms with Crippen LogP contribution in [0.3, 0.4) is 0 Å². The highest BCUT2D eigenvalue weighted by molar-refractivity contribution is 7.19. The summed E-state index contributed by atoms with van der Waals surface area (Å²) in [6.07, 6.45) is 5.80. The Labute approximate surface area is 177 Å². The van der Waals surface area contributed by atoms with Crippen LogP contribution in [0.4, 0.5) is 8.78 Å². The van der Waals surface area contributed by atoms with Gasteiger partial charge in [-0.15, -0.1) is 23.7 Å². The number of fused-ring (bicyclic) bond motifs is 3. The van der Waals surface area contributed by atoms with Crippen LogP contribution in [-0.2, 0) is 11.2 Å². The number of hydrogen-bond donors (Lipinski definition) is 2. The van der Waals surface area contributed by atoms with E-state index in [1.807, 2.05) is 7.05 Å². The molecule has 0 aromatic carbocycles. The lowest BCUT2D eigenvalue weighted by molar-refractivity contribution is -0.166. The van der Waals surface area contributed by atoms with E-state index in [4.69, 9.17) is 9.84 Å². The first kappa shape index (κ1) is 22.1. The minimum atomic E-state index is -3.75. The predicted molar refractivity (Wildman–Crippen MR) is 109 cm³/mol. The number of carbonyl (C=O) groups is 1. The number of alkyl halides is 2. The summed E-state index contributed by atoms with van der Waals surface area (Å²) in [6, 6.07) is 0.498. The number of aromatic nitrogens is 2. The number of nitrogens with one attached hydrogen (secondary N) is 1. The summed E-state index contributed by atoms with van der Waals surface area (Å²) in [4.78, 5) is 21.2. The van der Waals surface area contributed by atoms with E-state index in [1.54, 1.807) is 0 Å². The van der Waals surface area contributed by atoms with E-state index < -0.39 is 24.2 Å². The highest BCUT2D eigenvalue weighted by atomic mass is 35.5. The number of nitrogens with zero attached hydrogens (tertiary/aromatic N) is 2. The van der Waals surface area contributed by atoms with Crippen molar-refractivity contribution in [1.29, 1.82) is 0 Å². The van der Waals surface area contributed by atoms with Gasteiger partial charge in [0.2, 0.25) is 5.88 Å². The largest absolute Gasteiger partial charge is 0.477 e. The molecule has 0 aliphatic heterocycles. The average molecular weight is 448 g/mol. The molecule has 2 aromatic rings. The monoisotopic (exact) mass is 447 g/mol. The average Bonchev–Trinajstić information content (AvgIpc) is 3.22. The molecule has 2 aromatic heterocycles. The van der Waals surface area contributed by atoms with Crippen molar-refractivity contribution in [2.24, 2.45) is 0 Å². The molecular weight excluding hydrogens is 424 g/mol. The van der Waals surface area contributed by atoms with Gasteiger partial charge in [-0.3, -0.25) is 0 Å². The first-order valence-electron chi connectivity index (χ1n) is 9.60. The Kier molecular flexibility index (Phi) is 6.60. The second kappa shape index (κ2) is 8.65. The fourth-order valence-corrected chi connectivity index (χ4v) is 5.59. The van der Waals surface area contributed by atoms with Crippen molar-refractivity contribution < 1.29 is 23.4 Å². The number of ether oxygens (including phenoxy) is 1. The van der Waals surface area contributed by atoms with Gasteiger partial charge in [-0.1, -0.05) is 0 Å². The Morgan fingerprint density at radius 2 is 2.03 bits per heavy atom. The molecule has 0 saturated heterocycles. The lowest BCUT2D eigenvalue weighted by Crippen LogP contribution is -2.34. The normalized spacial score (nSPS) is 24.2. The molecule has 29 heavy (non-hydrogen) atoms. The maximum Gasteiger partial charge on any atom is 0.374 e. The van der Waals surface area contributed by atoms with Crippen LogP contribution in [0.1, 0.15) is 54.9 Å². The zero-order chi connectivity index (χ0) is 19.9. The van der Waals surface area contributed by atoms with E-state index in [2.05, 4.69) is 15.3 Å². The molecule has 0 radical (unpaired) electrons. The number of hydrogen-bond acceptors (Lipinski definition) is 6. The van der Waals surface area contributed by atoms with Crippen molar-refractivity contribution in [3.63, 3.8) is 0 Å². The fraction of sp³-hybridized carbons (Fsp3) is 0.632. The van der Waals surface area contributed by atoms with Crippen molar-refractivity contribution in [2.45, 2.75) is 68.9 Å². The van der Waals surface area contributed by atoms with Crippen LogP contribution in [0.5, 0.6) is 5.88 Å². The molecule has 1 atom stereocenters. The second-order valence-electron chi connectivity index (χ2n) is 7.63. The second-order valence-corrected chi connectivity index (χ2v) is 8.71. The molecule has 1 fully saturated rings. The van der Waals surface area contributed by atoms with Crippen LogP contribution in [0, 0.1) is 0 Å². The van der Waals surface area contributed by atoms with Gasteiger partial charge >= 0.3 is 11.9 Å². The van der Waals surface area contributed by atoms with Crippen molar-refractivity contribution >= 4 is 39.9 Å². The van der Waals surface area contributed by atoms with Crippen LogP contribution in [-0.4, -0.2) is 46.2 Å². The fourth-order valence-electron chi connectivity index (χ4n) is 4.36. The minimum absolute atomic E-state index is 0. The molecule has 1 saturated carbocycles. The van der Waals surface area contributed by atoms with Crippen molar-refractivity contribution in [2.75, 3.05) is 7.05 Å². The summed E-state index contributed by atoms with van der Waals surface area (Å²) in [5.74, 6) is -5.90. The summed E-state index contributed by atoms with van der Waals surface area (Å²) in [5.41, 5.74) is 0.764. The Morgan fingerprint density at radius 1 is 1.31 bits per heavy atom. The topological polar surface area (TPSA) is 84.3 Å². The van der Waals surface area contributed by atoms with Crippen molar-refractivity contribution in [3.05, 3.63) is 16.8 Å². The van der Waals surface area contributed by atoms with Crippen LogP contribution < -0.4 is 10.1 Å². The number of rotatable bonds is 6. The Bertz CT molecular complexity index is 887. The van der Waals surface area contributed by atoms with E-state index in [1.165, 1.54) is 17.7 Å². The van der Waals surface area contributed by atoms with Gasteiger partial charge in [0.15, 0.2) is 0 Å². The van der Waals surface area contributed by atoms with E-state index in [-0.39, 0.29) is 18.5 Å². The molecule has 2 heterocycles. The molecule has 0 bridgehead atoms. The molecule has 0 unspecified atom stereocenters. The maximum atomic E-state index is 13.9. The summed E-state index contributed by atoms with van der Waals surface area (Å²) >= 11 is 1.47. The summed E-state index contributed by atoms with van der Waals surface area (Å²) in [7, 11) is 1.96. The van der Waals surface area contributed by atoms with Gasteiger partial charge in [0.1, 0.15) is 17.3 Å². The Morgan fingerprint density at radius 3 is 2.69 bits per heavy atom. The zero-order valence-corrected chi connectivity index (χ0v) is 17.6. The molecule has 2 aliphatic carbocycles. The predicted octanol–water partition coefficient (Wildman–Crippen LogP) is 4.16. The van der Waals surface area contributed by atoms with E-state index in [0.29, 0.717) is 30.1 Å². The van der Waals surface area contributed by atoms with Crippen molar-refractivity contribution in [3.8, 4) is 5.88 Å². The third kappa shape index (κ3) is 4.32. The minimum Gasteiger partial charge on any atom is -0.477 e. The van der Waals surface area contributed by atoms with Gasteiger partial charge < -0.3 is 15.2 Å². The lowest BCUT2D eigenvalue weighted by atomic mass is 9.93. The van der Waals surface area contributed by atoms with E-state index >= 15 is 0 Å². The van der Waals surface area contributed by atoms with Gasteiger partial charge in [0.25, 0.3) is 0 Å².